The van der Waals surface area contributed by atoms with E-state index >= 15 is 0 Å². The average Bonchev–Trinajstić information content (AvgIpc) is 2.94. The lowest BCUT2D eigenvalue weighted by atomic mass is 10.0. The van der Waals surface area contributed by atoms with Crippen LogP contribution in [0.25, 0.3) is 0 Å². The maximum Gasteiger partial charge on any atom is 0.243 e. The van der Waals surface area contributed by atoms with Gasteiger partial charge in [0, 0.05) is 37.5 Å². The molecule has 1 N–H and O–H groups in total. The first-order valence-corrected chi connectivity index (χ1v) is 15.8. The first-order valence-electron chi connectivity index (χ1n) is 13.5. The molecule has 0 bridgehead atoms. The van der Waals surface area contributed by atoms with Crippen molar-refractivity contribution in [3.05, 3.63) is 101 Å². The summed E-state index contributed by atoms with van der Waals surface area (Å²) in [5.41, 5.74) is 3.32. The van der Waals surface area contributed by atoms with Crippen LogP contribution in [0.3, 0.4) is 0 Å². The molecular formula is C31H38ClN3O4S. The number of benzene rings is 3. The third kappa shape index (κ3) is 8.83. The number of nitrogens with zero attached hydrogens (tertiary/aromatic N) is 2. The lowest BCUT2D eigenvalue weighted by Gasteiger charge is -2.32. The van der Waals surface area contributed by atoms with Crippen molar-refractivity contribution in [2.75, 3.05) is 23.7 Å². The van der Waals surface area contributed by atoms with Gasteiger partial charge in [0.05, 0.1) is 11.9 Å². The number of nitrogens with one attached hydrogen (secondary N) is 1. The van der Waals surface area contributed by atoms with Crippen LogP contribution in [0.4, 0.5) is 5.69 Å². The molecule has 0 aliphatic rings. The molecule has 0 aliphatic heterocycles. The van der Waals surface area contributed by atoms with Gasteiger partial charge in [-0.3, -0.25) is 13.9 Å². The molecule has 0 saturated carbocycles. The molecule has 2 amide bonds. The summed E-state index contributed by atoms with van der Waals surface area (Å²) in [5.74, 6) is -0.498. The van der Waals surface area contributed by atoms with Gasteiger partial charge in [-0.05, 0) is 54.7 Å². The van der Waals surface area contributed by atoms with E-state index < -0.39 is 16.1 Å². The second-order valence-electron chi connectivity index (χ2n) is 9.67. The molecule has 0 radical (unpaired) electrons. The van der Waals surface area contributed by atoms with Crippen LogP contribution in [-0.4, -0.2) is 50.5 Å². The van der Waals surface area contributed by atoms with Crippen LogP contribution >= 0.6 is 11.6 Å². The number of rotatable bonds is 14. The fraction of sp³-hybridized carbons (Fsp3) is 0.355. The van der Waals surface area contributed by atoms with Crippen molar-refractivity contribution in [2.24, 2.45) is 0 Å². The molecule has 9 heteroatoms. The van der Waals surface area contributed by atoms with E-state index in [1.54, 1.807) is 23.1 Å². The first-order chi connectivity index (χ1) is 19.1. The van der Waals surface area contributed by atoms with Gasteiger partial charge in [-0.15, -0.1) is 0 Å². The Bertz CT molecular complexity index is 1360. The molecule has 0 aliphatic carbocycles. The van der Waals surface area contributed by atoms with Crippen molar-refractivity contribution in [1.29, 1.82) is 0 Å². The van der Waals surface area contributed by atoms with Crippen LogP contribution in [0.5, 0.6) is 0 Å². The zero-order chi connectivity index (χ0) is 29.1. The highest BCUT2D eigenvalue weighted by Gasteiger charge is 2.30. The van der Waals surface area contributed by atoms with E-state index in [2.05, 4.69) is 5.32 Å². The molecule has 0 unspecified atom stereocenters. The second-order valence-corrected chi connectivity index (χ2v) is 12.0. The summed E-state index contributed by atoms with van der Waals surface area (Å²) >= 11 is 6.45. The van der Waals surface area contributed by atoms with Gasteiger partial charge in [-0.25, -0.2) is 8.42 Å². The van der Waals surface area contributed by atoms with Crippen LogP contribution in [0.1, 0.15) is 43.4 Å². The SMILES string of the molecule is CCNC(=O)[C@H](Cc1ccccc1)N(Cc1ccccc1Cl)C(=O)CCCN(c1ccc(CC)cc1)S(C)(=O)=O. The normalized spacial score (nSPS) is 12.0. The van der Waals surface area contributed by atoms with Crippen LogP contribution in [0, 0.1) is 0 Å². The zero-order valence-electron chi connectivity index (χ0n) is 23.3. The summed E-state index contributed by atoms with van der Waals surface area (Å²) in [4.78, 5) is 28.6. The van der Waals surface area contributed by atoms with Crippen molar-refractivity contribution < 1.29 is 18.0 Å². The predicted octanol–water partition coefficient (Wildman–Crippen LogP) is 5.22. The highest BCUT2D eigenvalue weighted by molar-refractivity contribution is 7.92. The van der Waals surface area contributed by atoms with Gasteiger partial charge in [-0.2, -0.15) is 0 Å². The predicted molar refractivity (Wildman–Crippen MR) is 162 cm³/mol. The maximum absolute atomic E-state index is 13.8. The number of likely N-dealkylation sites (N-methyl/N-ethyl adjacent to an activating group) is 1. The molecule has 3 aromatic carbocycles. The molecular weight excluding hydrogens is 546 g/mol. The molecule has 214 valence electrons. The Morgan fingerprint density at radius 3 is 2.15 bits per heavy atom. The minimum absolute atomic E-state index is 0.0637. The summed E-state index contributed by atoms with van der Waals surface area (Å²) in [7, 11) is -3.56. The number of amides is 2. The number of aryl methyl sites for hydroxylation is 1. The highest BCUT2D eigenvalue weighted by Crippen LogP contribution is 2.23. The number of sulfonamides is 1. The molecule has 0 fully saturated rings. The summed E-state index contributed by atoms with van der Waals surface area (Å²) in [6.07, 6.45) is 2.70. The van der Waals surface area contributed by atoms with Gasteiger partial charge in [0.15, 0.2) is 0 Å². The Kier molecular flexibility index (Phi) is 11.6. The van der Waals surface area contributed by atoms with Crippen molar-refractivity contribution >= 4 is 39.1 Å². The van der Waals surface area contributed by atoms with Crippen LogP contribution in [0.15, 0.2) is 78.9 Å². The standard InChI is InChI=1S/C31H38ClN3O4S/c1-4-24-17-19-27(20-18-24)35(40(3,38)39)21-11-16-30(36)34(23-26-14-9-10-15-28(26)32)29(31(37)33-5-2)22-25-12-7-6-8-13-25/h6-10,12-15,17-20,29H,4-5,11,16,21-23H2,1-3H3,(H,33,37)/t29-/m0/s1. The van der Waals surface area contributed by atoms with Gasteiger partial charge >= 0.3 is 0 Å². The maximum atomic E-state index is 13.8. The van der Waals surface area contributed by atoms with Gasteiger partial charge in [0.2, 0.25) is 21.8 Å². The van der Waals surface area contributed by atoms with Crippen molar-refractivity contribution in [2.45, 2.75) is 52.1 Å². The fourth-order valence-corrected chi connectivity index (χ4v) is 5.72. The van der Waals surface area contributed by atoms with E-state index in [1.807, 2.05) is 74.5 Å². The van der Waals surface area contributed by atoms with Crippen LogP contribution < -0.4 is 9.62 Å². The zero-order valence-corrected chi connectivity index (χ0v) is 24.9. The van der Waals surface area contributed by atoms with Gasteiger partial charge in [0.25, 0.3) is 0 Å². The molecule has 0 aromatic heterocycles. The molecule has 0 spiro atoms. The van der Waals surface area contributed by atoms with Crippen molar-refractivity contribution in [1.82, 2.24) is 10.2 Å². The number of halogens is 1. The lowest BCUT2D eigenvalue weighted by Crippen LogP contribution is -2.50. The quantitative estimate of drug-likeness (QED) is 0.282. The third-order valence-electron chi connectivity index (χ3n) is 6.71. The monoisotopic (exact) mass is 583 g/mol. The van der Waals surface area contributed by atoms with E-state index in [9.17, 15) is 18.0 Å². The Morgan fingerprint density at radius 1 is 0.900 bits per heavy atom. The van der Waals surface area contributed by atoms with E-state index in [4.69, 9.17) is 11.6 Å². The largest absolute Gasteiger partial charge is 0.355 e. The van der Waals surface area contributed by atoms with E-state index in [-0.39, 0.29) is 37.7 Å². The number of hydrogen-bond donors (Lipinski definition) is 1. The van der Waals surface area contributed by atoms with E-state index in [0.29, 0.717) is 23.7 Å². The van der Waals surface area contributed by atoms with Gasteiger partial charge in [0.1, 0.15) is 6.04 Å². The van der Waals surface area contributed by atoms with Crippen LogP contribution in [-0.2, 0) is 39.0 Å². The summed E-state index contributed by atoms with van der Waals surface area (Å²) in [6, 6.07) is 23.4. The molecule has 1 atom stereocenters. The molecule has 3 rings (SSSR count). The Morgan fingerprint density at radius 2 is 1.55 bits per heavy atom. The molecule has 0 heterocycles. The first kappa shape index (κ1) is 31.2. The lowest BCUT2D eigenvalue weighted by molar-refractivity contribution is -0.141. The Labute approximate surface area is 243 Å². The van der Waals surface area contributed by atoms with Crippen molar-refractivity contribution in [3.8, 4) is 0 Å². The number of hydrogen-bond acceptors (Lipinski definition) is 4. The van der Waals surface area contributed by atoms with Gasteiger partial charge < -0.3 is 10.2 Å². The Balaban J connectivity index is 1.86. The number of carbonyl (C=O) groups is 2. The fourth-order valence-electron chi connectivity index (χ4n) is 4.56. The third-order valence-corrected chi connectivity index (χ3v) is 8.27. The van der Waals surface area contributed by atoms with E-state index in [0.717, 1.165) is 29.4 Å². The minimum Gasteiger partial charge on any atom is -0.355 e. The van der Waals surface area contributed by atoms with E-state index in [1.165, 1.54) is 4.31 Å². The van der Waals surface area contributed by atoms with Crippen LogP contribution in [0.2, 0.25) is 5.02 Å². The average molecular weight is 584 g/mol. The highest BCUT2D eigenvalue weighted by atomic mass is 35.5. The topological polar surface area (TPSA) is 86.8 Å². The molecule has 7 nitrogen and oxygen atoms in total. The van der Waals surface area contributed by atoms with Gasteiger partial charge in [-0.1, -0.05) is 79.2 Å². The summed E-state index contributed by atoms with van der Waals surface area (Å²) < 4.78 is 26.5. The summed E-state index contributed by atoms with van der Waals surface area (Å²) in [6.45, 7) is 4.60. The summed E-state index contributed by atoms with van der Waals surface area (Å²) in [5, 5.41) is 3.38. The molecule has 0 saturated heterocycles. The number of carbonyl (C=O) groups excluding carboxylic acids is 2. The minimum atomic E-state index is -3.56. The van der Waals surface area contributed by atoms with Crippen molar-refractivity contribution in [3.63, 3.8) is 0 Å². The molecule has 40 heavy (non-hydrogen) atoms. The Hall–Kier alpha value is -3.36. The smallest absolute Gasteiger partial charge is 0.243 e. The second kappa shape index (κ2) is 14.9. The molecule has 3 aromatic rings. The number of anilines is 1.